The Morgan fingerprint density at radius 1 is 0.474 bits per heavy atom. The molecule has 0 bridgehead atoms. The predicted octanol–water partition coefficient (Wildman–Crippen LogP) is 8.02. The predicted molar refractivity (Wildman–Crippen MR) is 156 cm³/mol. The van der Waals surface area contributed by atoms with Gasteiger partial charge in [0.2, 0.25) is 0 Å². The third-order valence-corrected chi connectivity index (χ3v) is 8.12. The van der Waals surface area contributed by atoms with Crippen molar-refractivity contribution in [2.45, 2.75) is 39.3 Å². The molecule has 0 saturated heterocycles. The van der Waals surface area contributed by atoms with Gasteiger partial charge in [-0.15, -0.1) is 0 Å². The SMILES string of the molecule is C1=C\c2cscc2CCOCc2ccccc2COCCc2cscc2/C=C\OCc2ccccc2CO/1. The quantitative estimate of drug-likeness (QED) is 0.225. The minimum Gasteiger partial charge on any atom is -0.496 e. The average molecular weight is 545 g/mol. The molecular formula is C32H32O4S2. The average Bonchev–Trinajstić information content (AvgIpc) is 3.59. The van der Waals surface area contributed by atoms with E-state index in [9.17, 15) is 0 Å². The van der Waals surface area contributed by atoms with Crippen LogP contribution in [0.5, 0.6) is 0 Å². The van der Waals surface area contributed by atoms with Crippen LogP contribution in [0.1, 0.15) is 44.5 Å². The van der Waals surface area contributed by atoms with Crippen LogP contribution in [-0.2, 0) is 58.2 Å². The second-order valence-corrected chi connectivity index (χ2v) is 10.6. The van der Waals surface area contributed by atoms with Crippen LogP contribution >= 0.6 is 22.7 Å². The molecule has 3 heterocycles. The summed E-state index contributed by atoms with van der Waals surface area (Å²) < 4.78 is 24.0. The maximum Gasteiger partial charge on any atom is 0.113 e. The fourth-order valence-electron chi connectivity index (χ4n) is 4.29. The lowest BCUT2D eigenvalue weighted by Crippen LogP contribution is -2.04. The van der Waals surface area contributed by atoms with Gasteiger partial charge >= 0.3 is 0 Å². The largest absolute Gasteiger partial charge is 0.496 e. The molecule has 5 rings (SSSR count). The Labute approximate surface area is 232 Å². The summed E-state index contributed by atoms with van der Waals surface area (Å²) in [6, 6.07) is 16.6. The molecule has 0 radical (unpaired) electrons. The number of thiophene rings is 2. The van der Waals surface area contributed by atoms with Crippen LogP contribution in [0.3, 0.4) is 0 Å². The maximum absolute atomic E-state index is 6.08. The molecule has 4 aromatic rings. The summed E-state index contributed by atoms with van der Waals surface area (Å²) in [5.41, 5.74) is 9.49. The molecule has 0 N–H and O–H groups in total. The summed E-state index contributed by atoms with van der Waals surface area (Å²) in [5, 5.41) is 8.68. The van der Waals surface area contributed by atoms with Crippen molar-refractivity contribution < 1.29 is 18.9 Å². The monoisotopic (exact) mass is 544 g/mol. The molecule has 38 heavy (non-hydrogen) atoms. The summed E-state index contributed by atoms with van der Waals surface area (Å²) in [7, 11) is 0. The minimum atomic E-state index is 0.496. The second-order valence-electron chi connectivity index (χ2n) is 9.07. The van der Waals surface area contributed by atoms with E-state index in [1.165, 1.54) is 33.4 Å². The van der Waals surface area contributed by atoms with Crippen LogP contribution in [0, 0.1) is 0 Å². The topological polar surface area (TPSA) is 36.9 Å². The summed E-state index contributed by atoms with van der Waals surface area (Å²) in [5.74, 6) is 0. The van der Waals surface area contributed by atoms with Crippen LogP contribution in [0.2, 0.25) is 0 Å². The van der Waals surface area contributed by atoms with Gasteiger partial charge in [-0.3, -0.25) is 0 Å². The zero-order valence-electron chi connectivity index (χ0n) is 21.3. The first-order valence-electron chi connectivity index (χ1n) is 12.8. The van der Waals surface area contributed by atoms with Crippen molar-refractivity contribution in [2.75, 3.05) is 13.2 Å². The number of hydrogen-bond donors (Lipinski definition) is 0. The first-order chi connectivity index (χ1) is 18.9. The lowest BCUT2D eigenvalue weighted by Gasteiger charge is -2.11. The molecule has 0 saturated carbocycles. The molecule has 0 spiro atoms. The van der Waals surface area contributed by atoms with Gasteiger partial charge in [-0.2, -0.15) is 22.7 Å². The second kappa shape index (κ2) is 14.1. The van der Waals surface area contributed by atoms with E-state index in [1.807, 2.05) is 24.3 Å². The van der Waals surface area contributed by atoms with Crippen LogP contribution in [-0.4, -0.2) is 13.2 Å². The Morgan fingerprint density at radius 3 is 1.34 bits per heavy atom. The van der Waals surface area contributed by atoms with Crippen molar-refractivity contribution >= 4 is 34.8 Å². The Kier molecular flexibility index (Phi) is 9.83. The van der Waals surface area contributed by atoms with Crippen LogP contribution in [0.4, 0.5) is 0 Å². The highest BCUT2D eigenvalue weighted by Crippen LogP contribution is 2.21. The van der Waals surface area contributed by atoms with Crippen molar-refractivity contribution in [3.05, 3.63) is 127 Å². The van der Waals surface area contributed by atoms with E-state index in [1.54, 1.807) is 35.2 Å². The fourth-order valence-corrected chi connectivity index (χ4v) is 6.02. The van der Waals surface area contributed by atoms with Crippen LogP contribution in [0.25, 0.3) is 12.2 Å². The Hall–Kier alpha value is -3.16. The zero-order valence-corrected chi connectivity index (χ0v) is 23.0. The highest BCUT2D eigenvalue weighted by atomic mass is 32.1. The summed E-state index contributed by atoms with van der Waals surface area (Å²) in [6.45, 7) is 3.48. The van der Waals surface area contributed by atoms with Crippen molar-refractivity contribution in [1.29, 1.82) is 0 Å². The molecule has 0 aliphatic carbocycles. The maximum atomic E-state index is 6.08. The first-order valence-corrected chi connectivity index (χ1v) is 14.7. The van der Waals surface area contributed by atoms with Crippen molar-refractivity contribution in [3.8, 4) is 0 Å². The van der Waals surface area contributed by atoms with E-state index in [2.05, 4.69) is 57.9 Å². The lowest BCUT2D eigenvalue weighted by molar-refractivity contribution is 0.110. The zero-order chi connectivity index (χ0) is 25.8. The number of benzene rings is 2. The van der Waals surface area contributed by atoms with Gasteiger partial charge in [0.25, 0.3) is 0 Å². The smallest absolute Gasteiger partial charge is 0.113 e. The van der Waals surface area contributed by atoms with Crippen molar-refractivity contribution in [1.82, 2.24) is 0 Å². The van der Waals surface area contributed by atoms with E-state index < -0.39 is 0 Å². The van der Waals surface area contributed by atoms with Gasteiger partial charge in [-0.25, -0.2) is 0 Å². The van der Waals surface area contributed by atoms with Gasteiger partial charge in [0.1, 0.15) is 13.2 Å². The lowest BCUT2D eigenvalue weighted by atomic mass is 10.1. The van der Waals surface area contributed by atoms with Crippen molar-refractivity contribution in [2.24, 2.45) is 0 Å². The number of fused-ring (bicyclic) bond motifs is 4. The highest BCUT2D eigenvalue weighted by molar-refractivity contribution is 7.08. The van der Waals surface area contributed by atoms with Crippen molar-refractivity contribution in [3.63, 3.8) is 0 Å². The third-order valence-electron chi connectivity index (χ3n) is 6.50. The van der Waals surface area contributed by atoms with E-state index in [0.29, 0.717) is 39.6 Å². The molecule has 0 fully saturated rings. The summed E-state index contributed by atoms with van der Waals surface area (Å²) in [6.07, 6.45) is 9.37. The Bertz CT molecular complexity index is 1250. The molecule has 196 valence electrons. The molecule has 0 amide bonds. The summed E-state index contributed by atoms with van der Waals surface area (Å²) in [4.78, 5) is 0. The normalized spacial score (nSPS) is 17.3. The van der Waals surface area contributed by atoms with Crippen LogP contribution in [0.15, 0.2) is 82.6 Å². The molecule has 1 aliphatic rings. The third kappa shape index (κ3) is 7.45. The number of hydrogen-bond acceptors (Lipinski definition) is 6. The highest BCUT2D eigenvalue weighted by Gasteiger charge is 2.07. The first kappa shape index (κ1) is 26.4. The Morgan fingerprint density at radius 2 is 0.895 bits per heavy atom. The van der Waals surface area contributed by atoms with Gasteiger partial charge in [-0.1, -0.05) is 48.5 Å². The molecule has 0 atom stereocenters. The van der Waals surface area contributed by atoms with E-state index in [0.717, 1.165) is 24.0 Å². The molecule has 2 aromatic carbocycles. The van der Waals surface area contributed by atoms with Gasteiger partial charge in [0, 0.05) is 0 Å². The molecule has 1 aliphatic heterocycles. The number of ether oxygens (including phenoxy) is 4. The van der Waals surface area contributed by atoms with E-state index in [4.69, 9.17) is 18.9 Å². The molecule has 0 unspecified atom stereocenters. The van der Waals surface area contributed by atoms with Crippen LogP contribution < -0.4 is 0 Å². The minimum absolute atomic E-state index is 0.496. The molecular weight excluding hydrogens is 512 g/mol. The summed E-state index contributed by atoms with van der Waals surface area (Å²) >= 11 is 3.40. The molecule has 4 nitrogen and oxygen atoms in total. The van der Waals surface area contributed by atoms with Gasteiger partial charge < -0.3 is 18.9 Å². The Balaban J connectivity index is 1.29. The standard InChI is InChI=1S/C32H32O4S2/c1-2-6-26-18-34-14-10-30-22-38-24-32(30)12-16-36-20-28-8-4-3-7-27(28)19-35-15-11-31-23-37-21-29(31)9-13-33-17-25(26)5-1/h1-10,13-14,21-24H,11-12,15-20H2/b13-9-,14-10-. The van der Waals surface area contributed by atoms with E-state index >= 15 is 0 Å². The van der Waals surface area contributed by atoms with E-state index in [-0.39, 0.29) is 0 Å². The van der Waals surface area contributed by atoms with Gasteiger partial charge in [0.05, 0.1) is 39.0 Å². The fraction of sp³-hybridized carbons (Fsp3) is 0.250. The van der Waals surface area contributed by atoms with Gasteiger partial charge in [-0.05, 0) is 91.0 Å². The number of rotatable bonds is 0. The molecule has 2 aromatic heterocycles. The van der Waals surface area contributed by atoms with Gasteiger partial charge in [0.15, 0.2) is 0 Å². The molecule has 6 heteroatoms.